The molecule has 0 unspecified atom stereocenters. The zero-order chi connectivity index (χ0) is 18.1. The molecule has 0 aliphatic carbocycles. The van der Waals surface area contributed by atoms with Crippen LogP contribution in [0.5, 0.6) is 5.75 Å². The number of amides is 1. The van der Waals surface area contributed by atoms with Crippen LogP contribution in [0.3, 0.4) is 0 Å². The normalized spacial score (nSPS) is 13.3. The van der Waals surface area contributed by atoms with Gasteiger partial charge in [0.25, 0.3) is 0 Å². The van der Waals surface area contributed by atoms with Crippen molar-refractivity contribution in [2.75, 3.05) is 23.3 Å². The van der Waals surface area contributed by atoms with Gasteiger partial charge in [-0.05, 0) is 30.3 Å². The Morgan fingerprint density at radius 1 is 1.08 bits per heavy atom. The van der Waals surface area contributed by atoms with E-state index in [0.29, 0.717) is 22.1 Å². The molecule has 0 fully saturated rings. The van der Waals surface area contributed by atoms with Crippen LogP contribution in [0, 0.1) is 0 Å². The number of benzene rings is 2. The first-order valence-electron chi connectivity index (χ1n) is 7.03. The number of carbonyl (C=O) groups excluding carboxylic acids is 2. The molecule has 25 heavy (non-hydrogen) atoms. The second-order valence-electron chi connectivity index (χ2n) is 5.24. The van der Waals surface area contributed by atoms with Crippen molar-refractivity contribution in [1.82, 2.24) is 0 Å². The SMILES string of the molecule is O=C(CN1CC(=O)Oc2ccc(Cl)cc21)Nc1cc(Cl)c(Cl)cc1Cl. The van der Waals surface area contributed by atoms with Crippen LogP contribution in [0.1, 0.15) is 0 Å². The quantitative estimate of drug-likeness (QED) is 0.446. The highest BCUT2D eigenvalue weighted by Gasteiger charge is 2.26. The number of nitrogens with one attached hydrogen (secondary N) is 1. The third kappa shape index (κ3) is 4.12. The van der Waals surface area contributed by atoms with Crippen molar-refractivity contribution in [2.45, 2.75) is 0 Å². The highest BCUT2D eigenvalue weighted by Crippen LogP contribution is 2.35. The Morgan fingerprint density at radius 3 is 2.56 bits per heavy atom. The largest absolute Gasteiger partial charge is 0.423 e. The topological polar surface area (TPSA) is 58.6 Å². The van der Waals surface area contributed by atoms with Gasteiger partial charge in [0.05, 0.1) is 33.0 Å². The van der Waals surface area contributed by atoms with Crippen LogP contribution in [0.2, 0.25) is 20.1 Å². The van der Waals surface area contributed by atoms with Crippen molar-refractivity contribution in [3.05, 3.63) is 50.4 Å². The van der Waals surface area contributed by atoms with E-state index in [1.807, 2.05) is 0 Å². The lowest BCUT2D eigenvalue weighted by Gasteiger charge is -2.29. The molecule has 1 aliphatic rings. The molecular weight excluding hydrogens is 410 g/mol. The standard InChI is InChI=1S/C16H10Cl4N2O3/c17-8-1-2-14-13(3-8)22(7-16(24)25-14)6-15(23)21-12-5-10(19)9(18)4-11(12)20/h1-5H,6-7H2,(H,21,23). The third-order valence-electron chi connectivity index (χ3n) is 3.42. The van der Waals surface area contributed by atoms with Gasteiger partial charge in [-0.1, -0.05) is 46.4 Å². The van der Waals surface area contributed by atoms with Crippen molar-refractivity contribution < 1.29 is 14.3 Å². The Bertz CT molecular complexity index is 873. The van der Waals surface area contributed by atoms with Crippen molar-refractivity contribution in [3.8, 4) is 5.75 Å². The molecule has 130 valence electrons. The maximum atomic E-state index is 12.4. The van der Waals surface area contributed by atoms with Crippen LogP contribution in [-0.4, -0.2) is 25.0 Å². The molecule has 2 aromatic carbocycles. The monoisotopic (exact) mass is 418 g/mol. The molecule has 3 rings (SSSR count). The molecular formula is C16H10Cl4N2O3. The lowest BCUT2D eigenvalue weighted by Crippen LogP contribution is -2.41. The fraction of sp³-hybridized carbons (Fsp3) is 0.125. The van der Waals surface area contributed by atoms with Gasteiger partial charge in [0.1, 0.15) is 6.54 Å². The first-order chi connectivity index (χ1) is 11.8. The molecule has 0 bridgehead atoms. The Hall–Kier alpha value is -1.66. The third-order valence-corrected chi connectivity index (χ3v) is 4.69. The molecule has 1 N–H and O–H groups in total. The highest BCUT2D eigenvalue weighted by molar-refractivity contribution is 6.44. The molecule has 0 atom stereocenters. The van der Waals surface area contributed by atoms with Gasteiger partial charge in [-0.3, -0.25) is 4.79 Å². The number of rotatable bonds is 3. The molecule has 0 saturated carbocycles. The van der Waals surface area contributed by atoms with Crippen LogP contribution >= 0.6 is 46.4 Å². The molecule has 0 saturated heterocycles. The minimum atomic E-state index is -0.463. The number of carbonyl (C=O) groups is 2. The number of nitrogens with zero attached hydrogens (tertiary/aromatic N) is 1. The van der Waals surface area contributed by atoms with Gasteiger partial charge in [0.15, 0.2) is 5.75 Å². The molecule has 9 heteroatoms. The summed E-state index contributed by atoms with van der Waals surface area (Å²) < 4.78 is 5.14. The summed E-state index contributed by atoms with van der Waals surface area (Å²) in [5, 5.41) is 3.91. The van der Waals surface area contributed by atoms with E-state index in [1.54, 1.807) is 23.1 Å². The lowest BCUT2D eigenvalue weighted by molar-refractivity contribution is -0.133. The van der Waals surface area contributed by atoms with Gasteiger partial charge < -0.3 is 15.0 Å². The average molecular weight is 420 g/mol. The van der Waals surface area contributed by atoms with E-state index >= 15 is 0 Å². The van der Waals surface area contributed by atoms with Crippen molar-refractivity contribution in [3.63, 3.8) is 0 Å². The molecule has 1 heterocycles. The minimum absolute atomic E-state index is 0.0735. The van der Waals surface area contributed by atoms with Gasteiger partial charge >= 0.3 is 5.97 Å². The van der Waals surface area contributed by atoms with Crippen LogP contribution in [0.15, 0.2) is 30.3 Å². The Morgan fingerprint density at radius 2 is 1.80 bits per heavy atom. The van der Waals surface area contributed by atoms with Gasteiger partial charge in [-0.15, -0.1) is 0 Å². The molecule has 0 radical (unpaired) electrons. The van der Waals surface area contributed by atoms with Crippen LogP contribution < -0.4 is 15.0 Å². The second-order valence-corrected chi connectivity index (χ2v) is 6.89. The second kappa shape index (κ2) is 7.30. The van der Waals surface area contributed by atoms with Crippen molar-refractivity contribution in [2.24, 2.45) is 0 Å². The fourth-order valence-corrected chi connectivity index (χ4v) is 3.10. The van der Waals surface area contributed by atoms with Gasteiger partial charge in [-0.25, -0.2) is 4.79 Å². The smallest absolute Gasteiger partial charge is 0.331 e. The maximum Gasteiger partial charge on any atom is 0.331 e. The van der Waals surface area contributed by atoms with Gasteiger partial charge in [0.2, 0.25) is 5.91 Å². The summed E-state index contributed by atoms with van der Waals surface area (Å²) in [5.74, 6) is -0.503. The lowest BCUT2D eigenvalue weighted by atomic mass is 10.2. The predicted octanol–water partition coefficient (Wildman–Crippen LogP) is 4.66. The number of esters is 1. The molecule has 1 amide bonds. The number of halogens is 4. The number of fused-ring (bicyclic) bond motifs is 1. The Kier molecular flexibility index (Phi) is 5.29. The minimum Gasteiger partial charge on any atom is -0.423 e. The van der Waals surface area contributed by atoms with E-state index < -0.39 is 5.97 Å². The molecule has 1 aliphatic heterocycles. The summed E-state index contributed by atoms with van der Waals surface area (Å²) in [4.78, 5) is 25.6. The van der Waals surface area contributed by atoms with Crippen LogP contribution in [0.4, 0.5) is 11.4 Å². The zero-order valence-electron chi connectivity index (χ0n) is 12.5. The van der Waals surface area contributed by atoms with E-state index in [1.165, 1.54) is 12.1 Å². The zero-order valence-corrected chi connectivity index (χ0v) is 15.5. The Balaban J connectivity index is 1.79. The summed E-state index contributed by atoms with van der Waals surface area (Å²) in [7, 11) is 0. The number of anilines is 2. The number of ether oxygens (including phenoxy) is 1. The van der Waals surface area contributed by atoms with Crippen molar-refractivity contribution >= 4 is 69.7 Å². The fourth-order valence-electron chi connectivity index (χ4n) is 2.34. The summed E-state index contributed by atoms with van der Waals surface area (Å²) >= 11 is 23.8. The molecule has 0 spiro atoms. The highest BCUT2D eigenvalue weighted by atomic mass is 35.5. The van der Waals surface area contributed by atoms with E-state index in [9.17, 15) is 9.59 Å². The summed E-state index contributed by atoms with van der Waals surface area (Å²) in [6, 6.07) is 7.71. The summed E-state index contributed by atoms with van der Waals surface area (Å²) in [5.41, 5.74) is 0.884. The van der Waals surface area contributed by atoms with Crippen LogP contribution in [-0.2, 0) is 9.59 Å². The van der Waals surface area contributed by atoms with E-state index in [0.717, 1.165) is 0 Å². The van der Waals surface area contributed by atoms with Gasteiger partial charge in [0, 0.05) is 5.02 Å². The first-order valence-corrected chi connectivity index (χ1v) is 8.54. The Labute approximate surface area is 163 Å². The molecule has 2 aromatic rings. The summed E-state index contributed by atoms with van der Waals surface area (Å²) in [6.45, 7) is -0.172. The van der Waals surface area contributed by atoms with Crippen molar-refractivity contribution in [1.29, 1.82) is 0 Å². The first kappa shape index (κ1) is 18.1. The number of hydrogen-bond donors (Lipinski definition) is 1. The van der Waals surface area contributed by atoms with E-state index in [-0.39, 0.29) is 34.1 Å². The maximum absolute atomic E-state index is 12.4. The molecule has 5 nitrogen and oxygen atoms in total. The number of hydrogen-bond acceptors (Lipinski definition) is 4. The average Bonchev–Trinajstić information content (AvgIpc) is 2.53. The summed E-state index contributed by atoms with van der Waals surface area (Å²) in [6.07, 6.45) is 0. The van der Waals surface area contributed by atoms with E-state index in [2.05, 4.69) is 5.32 Å². The van der Waals surface area contributed by atoms with E-state index in [4.69, 9.17) is 51.1 Å². The van der Waals surface area contributed by atoms with Crippen LogP contribution in [0.25, 0.3) is 0 Å². The predicted molar refractivity (Wildman–Crippen MR) is 99.4 cm³/mol. The molecule has 0 aromatic heterocycles. The van der Waals surface area contributed by atoms with Gasteiger partial charge in [-0.2, -0.15) is 0 Å².